The summed E-state index contributed by atoms with van der Waals surface area (Å²) in [6, 6.07) is -1.79. The summed E-state index contributed by atoms with van der Waals surface area (Å²) in [5.41, 5.74) is 5.52. The number of ether oxygens (including phenoxy) is 1. The monoisotopic (exact) mass is 468 g/mol. The van der Waals surface area contributed by atoms with Crippen LogP contribution in [-0.2, 0) is 14.3 Å². The molecule has 0 bridgehead atoms. The summed E-state index contributed by atoms with van der Waals surface area (Å²) in [6.45, 7) is 18.8. The predicted octanol–water partition coefficient (Wildman–Crippen LogP) is 3.81. The summed E-state index contributed by atoms with van der Waals surface area (Å²) >= 11 is 3.09. The lowest BCUT2D eigenvalue weighted by Gasteiger charge is -2.32. The van der Waals surface area contributed by atoms with E-state index >= 15 is 0 Å². The Hall–Kier alpha value is -1.13. The van der Waals surface area contributed by atoms with E-state index in [4.69, 9.17) is 15.6 Å². The highest BCUT2D eigenvalue weighted by Gasteiger charge is 2.38. The number of carboxylic acid groups (broad SMARTS) is 2. The molecule has 0 heterocycles. The standard InChI is InChI=1S/C12H23NO4S.C8H17NO2S/c1-7(2)17-11(16)13-9(10(14)15)12(5,6)18-8(3)4;1-5(2)12-8(3,4)6(9)7(10)11/h7-9H,1-6H3,(H,13,16)(H,14,15);5-6H,9H2,1-4H3,(H,10,11)/t9-;/m1./s1. The molecular formula is C20H40N2O6S2. The SMILES string of the molecule is CC(C)OC(=O)N[C@H](C(=O)O)C(C)(C)SC(C)C.CC(C)SC(C)(C)C(N)C(=O)O. The van der Waals surface area contributed by atoms with Gasteiger partial charge in [-0.3, -0.25) is 4.79 Å². The van der Waals surface area contributed by atoms with E-state index in [9.17, 15) is 19.5 Å². The number of thioether (sulfide) groups is 2. The van der Waals surface area contributed by atoms with E-state index in [1.54, 1.807) is 39.5 Å². The number of carboxylic acids is 2. The Morgan fingerprint density at radius 1 is 0.833 bits per heavy atom. The van der Waals surface area contributed by atoms with Gasteiger partial charge in [-0.15, -0.1) is 0 Å². The molecule has 0 aliphatic heterocycles. The minimum Gasteiger partial charge on any atom is -0.480 e. The number of amides is 1. The van der Waals surface area contributed by atoms with Gasteiger partial charge in [0.1, 0.15) is 12.1 Å². The minimum atomic E-state index is -1.06. The van der Waals surface area contributed by atoms with Gasteiger partial charge >= 0.3 is 18.0 Å². The van der Waals surface area contributed by atoms with Gasteiger partial charge in [-0.25, -0.2) is 9.59 Å². The number of rotatable bonds is 10. The fraction of sp³-hybridized carbons (Fsp3) is 0.850. The molecule has 30 heavy (non-hydrogen) atoms. The second-order valence-electron chi connectivity index (χ2n) is 8.73. The van der Waals surface area contributed by atoms with Crippen LogP contribution in [0.5, 0.6) is 0 Å². The molecule has 0 aliphatic carbocycles. The first-order chi connectivity index (χ1) is 13.3. The maximum absolute atomic E-state index is 11.5. The van der Waals surface area contributed by atoms with Crippen molar-refractivity contribution < 1.29 is 29.3 Å². The van der Waals surface area contributed by atoms with E-state index in [2.05, 4.69) is 5.32 Å². The highest BCUT2D eigenvalue weighted by Crippen LogP contribution is 2.32. The number of hydrogen-bond acceptors (Lipinski definition) is 7. The van der Waals surface area contributed by atoms with Crippen LogP contribution >= 0.6 is 23.5 Å². The highest BCUT2D eigenvalue weighted by molar-refractivity contribution is 8.01. The summed E-state index contributed by atoms with van der Waals surface area (Å²) in [6.07, 6.45) is -0.977. The second kappa shape index (κ2) is 13.3. The number of hydrogen-bond donors (Lipinski definition) is 4. The zero-order chi connectivity index (χ0) is 24.4. The van der Waals surface area contributed by atoms with Crippen molar-refractivity contribution in [3.8, 4) is 0 Å². The molecule has 5 N–H and O–H groups in total. The molecule has 2 atom stereocenters. The van der Waals surface area contributed by atoms with Crippen LogP contribution in [0.15, 0.2) is 0 Å². The molecule has 10 heteroatoms. The van der Waals surface area contributed by atoms with Gasteiger partial charge in [0.05, 0.1) is 6.10 Å². The Morgan fingerprint density at radius 3 is 1.53 bits per heavy atom. The molecule has 1 amide bonds. The Morgan fingerprint density at radius 2 is 1.23 bits per heavy atom. The van der Waals surface area contributed by atoms with Crippen LogP contribution in [0.2, 0.25) is 0 Å². The number of alkyl carbamates (subject to hydrolysis) is 1. The molecule has 0 saturated carbocycles. The minimum absolute atomic E-state index is 0.268. The number of carbonyl (C=O) groups excluding carboxylic acids is 1. The summed E-state index contributed by atoms with van der Waals surface area (Å²) in [7, 11) is 0. The van der Waals surface area contributed by atoms with Crippen molar-refractivity contribution in [3.05, 3.63) is 0 Å². The lowest BCUT2D eigenvalue weighted by molar-refractivity contribution is -0.140. The number of nitrogens with one attached hydrogen (secondary N) is 1. The van der Waals surface area contributed by atoms with Gasteiger partial charge in [0.15, 0.2) is 0 Å². The lowest BCUT2D eigenvalue weighted by atomic mass is 10.0. The maximum atomic E-state index is 11.5. The zero-order valence-electron chi connectivity index (χ0n) is 19.8. The first-order valence-corrected chi connectivity index (χ1v) is 11.6. The number of nitrogens with two attached hydrogens (primary N) is 1. The van der Waals surface area contributed by atoms with Crippen LogP contribution in [0, 0.1) is 0 Å². The highest BCUT2D eigenvalue weighted by atomic mass is 32.2. The molecule has 0 saturated heterocycles. The first kappa shape index (κ1) is 31.1. The number of carbonyl (C=O) groups is 3. The quantitative estimate of drug-likeness (QED) is 0.377. The van der Waals surface area contributed by atoms with Gasteiger partial charge in [0, 0.05) is 9.49 Å². The van der Waals surface area contributed by atoms with Crippen molar-refractivity contribution >= 4 is 41.6 Å². The maximum Gasteiger partial charge on any atom is 0.408 e. The molecule has 0 spiro atoms. The van der Waals surface area contributed by atoms with Gasteiger partial charge < -0.3 is 26.0 Å². The lowest BCUT2D eigenvalue weighted by Crippen LogP contribution is -2.53. The van der Waals surface area contributed by atoms with Gasteiger partial charge in [0.25, 0.3) is 0 Å². The van der Waals surface area contributed by atoms with E-state index in [0.29, 0.717) is 5.25 Å². The van der Waals surface area contributed by atoms with E-state index in [1.807, 2.05) is 41.5 Å². The Labute approximate surface area is 189 Å². The Kier molecular flexibility index (Phi) is 13.8. The van der Waals surface area contributed by atoms with Crippen molar-refractivity contribution in [1.29, 1.82) is 0 Å². The molecule has 1 unspecified atom stereocenters. The van der Waals surface area contributed by atoms with Crippen LogP contribution in [0.4, 0.5) is 4.79 Å². The Balaban J connectivity index is 0. The van der Waals surface area contributed by atoms with Crippen LogP contribution in [0.25, 0.3) is 0 Å². The average molecular weight is 469 g/mol. The summed E-state index contributed by atoms with van der Waals surface area (Å²) in [5, 5.41) is 21.0. The molecule has 0 aromatic rings. The Bertz CT molecular complexity index is 565. The molecular weight excluding hydrogens is 428 g/mol. The molecule has 0 aromatic carbocycles. The average Bonchev–Trinajstić information content (AvgIpc) is 2.48. The van der Waals surface area contributed by atoms with Crippen molar-refractivity contribution in [2.75, 3.05) is 0 Å². The third-order valence-corrected chi connectivity index (χ3v) is 6.29. The van der Waals surface area contributed by atoms with Crippen LogP contribution in [0.3, 0.4) is 0 Å². The van der Waals surface area contributed by atoms with E-state index in [1.165, 1.54) is 11.8 Å². The molecule has 0 fully saturated rings. The van der Waals surface area contributed by atoms with Gasteiger partial charge in [-0.05, 0) is 52.0 Å². The van der Waals surface area contributed by atoms with Gasteiger partial charge in [0.2, 0.25) is 0 Å². The second-order valence-corrected chi connectivity index (χ2v) is 13.2. The fourth-order valence-corrected chi connectivity index (χ4v) is 5.53. The third kappa shape index (κ3) is 13.2. The van der Waals surface area contributed by atoms with Crippen LogP contribution in [0.1, 0.15) is 69.2 Å². The molecule has 0 rings (SSSR count). The van der Waals surface area contributed by atoms with E-state index < -0.39 is 39.6 Å². The molecule has 0 aliphatic rings. The van der Waals surface area contributed by atoms with Crippen molar-refractivity contribution in [2.45, 2.75) is 107 Å². The van der Waals surface area contributed by atoms with Crippen molar-refractivity contribution in [3.63, 3.8) is 0 Å². The predicted molar refractivity (Wildman–Crippen MR) is 125 cm³/mol. The molecule has 0 radical (unpaired) electrons. The smallest absolute Gasteiger partial charge is 0.408 e. The van der Waals surface area contributed by atoms with Gasteiger partial charge in [-0.2, -0.15) is 23.5 Å². The largest absolute Gasteiger partial charge is 0.480 e. The topological polar surface area (TPSA) is 139 Å². The third-order valence-electron chi connectivity index (χ3n) is 3.64. The number of aliphatic carboxylic acids is 2. The first-order valence-electron chi connectivity index (χ1n) is 9.87. The molecule has 0 aromatic heterocycles. The van der Waals surface area contributed by atoms with Crippen LogP contribution < -0.4 is 11.1 Å². The van der Waals surface area contributed by atoms with E-state index in [0.717, 1.165) is 0 Å². The molecule has 178 valence electrons. The summed E-state index contributed by atoms with van der Waals surface area (Å²) < 4.78 is 3.89. The summed E-state index contributed by atoms with van der Waals surface area (Å²) in [4.78, 5) is 33.3. The van der Waals surface area contributed by atoms with Gasteiger partial charge in [-0.1, -0.05) is 27.7 Å². The fourth-order valence-electron chi connectivity index (χ4n) is 2.55. The zero-order valence-corrected chi connectivity index (χ0v) is 21.4. The normalized spacial score (nSPS) is 14.1. The van der Waals surface area contributed by atoms with Crippen molar-refractivity contribution in [1.82, 2.24) is 5.32 Å². The van der Waals surface area contributed by atoms with Crippen molar-refractivity contribution in [2.24, 2.45) is 5.73 Å². The van der Waals surface area contributed by atoms with Crippen LogP contribution in [-0.4, -0.2) is 66.4 Å². The summed E-state index contributed by atoms with van der Waals surface area (Å²) in [5.74, 6) is -2.00. The van der Waals surface area contributed by atoms with E-state index in [-0.39, 0.29) is 11.4 Å². The molecule has 8 nitrogen and oxygen atoms in total.